The van der Waals surface area contributed by atoms with E-state index in [1.165, 1.54) is 0 Å². The lowest BCUT2D eigenvalue weighted by molar-refractivity contribution is -0.122. The van der Waals surface area contributed by atoms with Crippen LogP contribution in [0.1, 0.15) is 6.42 Å². The normalized spacial score (nSPS) is 37.7. The summed E-state index contributed by atoms with van der Waals surface area (Å²) in [5.74, 6) is 0.0885. The molecule has 0 aromatic heterocycles. The molecule has 3 rings (SSSR count). The van der Waals surface area contributed by atoms with Crippen LogP contribution >= 0.6 is 0 Å². The van der Waals surface area contributed by atoms with Crippen LogP contribution in [0.2, 0.25) is 0 Å². The molecule has 0 fully saturated rings. The highest BCUT2D eigenvalue weighted by atomic mass is 16.3. The molecule has 4 atom stereocenters. The number of rotatable bonds is 2. The van der Waals surface area contributed by atoms with Gasteiger partial charge in [-0.1, -0.05) is 12.2 Å². The van der Waals surface area contributed by atoms with Gasteiger partial charge in [0.05, 0.1) is 12.4 Å². The number of nitrogens with one attached hydrogen (secondary N) is 1. The molecule has 0 bridgehead atoms. The van der Waals surface area contributed by atoms with Gasteiger partial charge < -0.3 is 15.7 Å². The molecule has 0 unspecified atom stereocenters. The first-order valence-corrected chi connectivity index (χ1v) is 5.93. The first-order valence-electron chi connectivity index (χ1n) is 5.93. The number of guanidine groups is 1. The van der Waals surface area contributed by atoms with Gasteiger partial charge in [0.25, 0.3) is 5.91 Å². The van der Waals surface area contributed by atoms with E-state index in [2.05, 4.69) is 15.3 Å². The topological polar surface area (TPSA) is 103 Å². The van der Waals surface area contributed by atoms with Crippen LogP contribution in [0.4, 0.5) is 0 Å². The van der Waals surface area contributed by atoms with Crippen molar-refractivity contribution < 1.29 is 9.90 Å². The second-order valence-corrected chi connectivity index (χ2v) is 4.70. The maximum Gasteiger partial charge on any atom is 0.255 e. The molecule has 1 aliphatic carbocycles. The highest BCUT2D eigenvalue weighted by Gasteiger charge is 2.42. The molecule has 0 aromatic carbocycles. The van der Waals surface area contributed by atoms with Crippen molar-refractivity contribution in [3.8, 4) is 0 Å². The number of carbonyl (C=O) groups excluding carboxylic acids is 1. The van der Waals surface area contributed by atoms with Crippen LogP contribution in [0.3, 0.4) is 0 Å². The van der Waals surface area contributed by atoms with Crippen LogP contribution in [0.5, 0.6) is 0 Å². The molecule has 0 saturated carbocycles. The lowest BCUT2D eigenvalue weighted by atomic mass is 10.1. The second kappa shape index (κ2) is 4.09. The van der Waals surface area contributed by atoms with Crippen LogP contribution in [0.15, 0.2) is 22.1 Å². The van der Waals surface area contributed by atoms with E-state index in [1.54, 1.807) is 6.34 Å². The minimum Gasteiger partial charge on any atom is -0.396 e. The Kier molecular flexibility index (Phi) is 2.55. The van der Waals surface area contributed by atoms with Crippen molar-refractivity contribution in [3.63, 3.8) is 0 Å². The average molecular weight is 249 g/mol. The number of fused-ring (bicyclic) bond motifs is 1. The SMILES string of the molecule is NC1=N[C@H]2[C@H](N=CN2[C@H]2C=C[C@@H](CO)C2)C(=O)N1. The fraction of sp³-hybridized carbons (Fsp3) is 0.545. The van der Waals surface area contributed by atoms with E-state index >= 15 is 0 Å². The van der Waals surface area contributed by atoms with E-state index in [0.29, 0.717) is 0 Å². The molecule has 0 spiro atoms. The summed E-state index contributed by atoms with van der Waals surface area (Å²) in [5.41, 5.74) is 5.57. The van der Waals surface area contributed by atoms with Gasteiger partial charge in [-0.2, -0.15) is 0 Å². The molecule has 0 saturated heterocycles. The maximum absolute atomic E-state index is 11.7. The van der Waals surface area contributed by atoms with Gasteiger partial charge >= 0.3 is 0 Å². The summed E-state index contributed by atoms with van der Waals surface area (Å²) >= 11 is 0. The molecule has 18 heavy (non-hydrogen) atoms. The largest absolute Gasteiger partial charge is 0.396 e. The fourth-order valence-corrected chi connectivity index (χ4v) is 2.56. The summed E-state index contributed by atoms with van der Waals surface area (Å²) in [4.78, 5) is 22.0. The lowest BCUT2D eigenvalue weighted by Gasteiger charge is -2.31. The van der Waals surface area contributed by atoms with Gasteiger partial charge in [0.15, 0.2) is 18.2 Å². The molecule has 4 N–H and O–H groups in total. The summed E-state index contributed by atoms with van der Waals surface area (Å²) in [5, 5.41) is 11.6. The first kappa shape index (κ1) is 11.2. The Bertz CT molecular complexity index is 458. The van der Waals surface area contributed by atoms with Gasteiger partial charge in [0.1, 0.15) is 0 Å². The summed E-state index contributed by atoms with van der Waals surface area (Å²) in [6, 6.07) is -0.401. The van der Waals surface area contributed by atoms with E-state index in [0.717, 1.165) is 6.42 Å². The molecule has 0 aromatic rings. The Labute approximate surface area is 104 Å². The number of hydrogen-bond donors (Lipinski definition) is 3. The molecule has 2 heterocycles. The summed E-state index contributed by atoms with van der Waals surface area (Å²) in [7, 11) is 0. The number of aliphatic hydroxyl groups is 1. The Morgan fingerprint density at radius 1 is 1.56 bits per heavy atom. The number of carbonyl (C=O) groups is 1. The maximum atomic E-state index is 11.7. The molecule has 0 radical (unpaired) electrons. The third-order valence-electron chi connectivity index (χ3n) is 3.51. The highest BCUT2D eigenvalue weighted by Crippen LogP contribution is 2.28. The molecule has 96 valence electrons. The minimum atomic E-state index is -0.515. The van der Waals surface area contributed by atoms with E-state index in [-0.39, 0.29) is 36.6 Å². The van der Waals surface area contributed by atoms with Crippen molar-refractivity contribution in [1.82, 2.24) is 10.2 Å². The number of nitrogens with two attached hydrogens (primary N) is 1. The van der Waals surface area contributed by atoms with E-state index in [4.69, 9.17) is 10.8 Å². The smallest absolute Gasteiger partial charge is 0.255 e. The van der Waals surface area contributed by atoms with E-state index in [9.17, 15) is 4.79 Å². The first-order chi connectivity index (χ1) is 8.69. The number of nitrogens with zero attached hydrogens (tertiary/aromatic N) is 3. The van der Waals surface area contributed by atoms with Gasteiger partial charge in [-0.15, -0.1) is 0 Å². The zero-order valence-corrected chi connectivity index (χ0v) is 9.73. The van der Waals surface area contributed by atoms with Crippen LogP contribution in [0.25, 0.3) is 0 Å². The lowest BCUT2D eigenvalue weighted by Crippen LogP contribution is -2.55. The van der Waals surface area contributed by atoms with Crippen LogP contribution in [-0.4, -0.2) is 53.1 Å². The number of aliphatic imine (C=N–C) groups is 2. The quantitative estimate of drug-likeness (QED) is 0.513. The van der Waals surface area contributed by atoms with Crippen LogP contribution in [-0.2, 0) is 4.79 Å². The second-order valence-electron chi connectivity index (χ2n) is 4.70. The Morgan fingerprint density at radius 2 is 2.39 bits per heavy atom. The summed E-state index contributed by atoms with van der Waals surface area (Å²) < 4.78 is 0. The van der Waals surface area contributed by atoms with Crippen molar-refractivity contribution in [3.05, 3.63) is 12.2 Å². The van der Waals surface area contributed by atoms with Gasteiger partial charge in [0.2, 0.25) is 0 Å². The molecule has 3 aliphatic rings. The Hall–Kier alpha value is -1.89. The number of hydrogen-bond acceptors (Lipinski definition) is 6. The van der Waals surface area contributed by atoms with Crippen LogP contribution < -0.4 is 11.1 Å². The number of amides is 1. The van der Waals surface area contributed by atoms with Crippen molar-refractivity contribution >= 4 is 18.2 Å². The third-order valence-corrected chi connectivity index (χ3v) is 3.51. The Balaban J connectivity index is 1.79. The van der Waals surface area contributed by atoms with Crippen molar-refractivity contribution in [1.29, 1.82) is 0 Å². The fourth-order valence-electron chi connectivity index (χ4n) is 2.56. The molecular formula is C11H15N5O2. The molecule has 7 nitrogen and oxygen atoms in total. The van der Waals surface area contributed by atoms with Crippen molar-refractivity contribution in [2.24, 2.45) is 21.6 Å². The predicted octanol–water partition coefficient (Wildman–Crippen LogP) is -1.59. The highest BCUT2D eigenvalue weighted by molar-refractivity contribution is 6.02. The summed E-state index contributed by atoms with van der Waals surface area (Å²) in [6.07, 6.45) is 6.12. The zero-order chi connectivity index (χ0) is 12.7. The molecular weight excluding hydrogens is 234 g/mol. The average Bonchev–Trinajstić information content (AvgIpc) is 2.93. The van der Waals surface area contributed by atoms with Gasteiger partial charge in [0, 0.05) is 12.5 Å². The number of aliphatic hydroxyl groups excluding tert-OH is 1. The van der Waals surface area contributed by atoms with Crippen molar-refractivity contribution in [2.75, 3.05) is 6.61 Å². The summed E-state index contributed by atoms with van der Waals surface area (Å²) in [6.45, 7) is 0.137. The molecule has 7 heteroatoms. The molecule has 2 aliphatic heterocycles. The predicted molar refractivity (Wildman–Crippen MR) is 65.8 cm³/mol. The van der Waals surface area contributed by atoms with Crippen LogP contribution in [0, 0.1) is 5.92 Å². The molecule has 1 amide bonds. The van der Waals surface area contributed by atoms with Gasteiger partial charge in [-0.05, 0) is 6.42 Å². The third kappa shape index (κ3) is 1.67. The van der Waals surface area contributed by atoms with E-state index < -0.39 is 6.04 Å². The minimum absolute atomic E-state index is 0.114. The zero-order valence-electron chi connectivity index (χ0n) is 9.73. The standard InChI is InChI=1S/C11H15N5O2/c12-11-14-9-8(10(18)15-11)13-5-16(9)7-2-1-6(3-7)4-17/h1-2,5-9,17H,3-4H2,(H3,12,14,15,18)/t6-,7+,8+,9-/m1/s1. The van der Waals surface area contributed by atoms with Gasteiger partial charge in [-0.25, -0.2) is 4.99 Å². The monoisotopic (exact) mass is 249 g/mol. The Morgan fingerprint density at radius 3 is 3.11 bits per heavy atom. The van der Waals surface area contributed by atoms with Gasteiger partial charge in [-0.3, -0.25) is 15.1 Å². The van der Waals surface area contributed by atoms with Crippen molar-refractivity contribution in [2.45, 2.75) is 24.7 Å². The van der Waals surface area contributed by atoms with E-state index in [1.807, 2.05) is 17.1 Å².